The number of carboxylic acid groups (broad SMARTS) is 1. The van der Waals surface area contributed by atoms with Gasteiger partial charge in [-0.2, -0.15) is 0 Å². The van der Waals surface area contributed by atoms with Crippen molar-refractivity contribution in [2.45, 2.75) is 32.6 Å². The fourth-order valence-electron chi connectivity index (χ4n) is 4.21. The minimum Gasteiger partial charge on any atom is -0.493 e. The van der Waals surface area contributed by atoms with Crippen LogP contribution < -0.4 is 10.3 Å². The Morgan fingerprint density at radius 2 is 1.86 bits per heavy atom. The van der Waals surface area contributed by atoms with Crippen molar-refractivity contribution in [3.05, 3.63) is 64.2 Å². The Morgan fingerprint density at radius 3 is 2.58 bits per heavy atom. The second-order valence-electron chi connectivity index (χ2n) is 9.00. The molecule has 0 saturated carbocycles. The molecule has 0 aliphatic heterocycles. The number of aryl methyl sites for hydroxylation is 2. The molecule has 2 aromatic heterocycles. The molecule has 0 aliphatic carbocycles. The Kier molecular flexibility index (Phi) is 7.80. The minimum absolute atomic E-state index is 0.0818. The Bertz CT molecular complexity index is 1420. The molecule has 0 saturated heterocycles. The highest BCUT2D eigenvalue weighted by Crippen LogP contribution is 2.34. The maximum atomic E-state index is 12.5. The molecule has 0 bridgehead atoms. The number of ether oxygens (including phenoxy) is 1. The first-order valence-electron chi connectivity index (χ1n) is 12.0. The van der Waals surface area contributed by atoms with Crippen LogP contribution in [0.15, 0.2) is 47.5 Å². The maximum absolute atomic E-state index is 12.5. The monoisotopic (exact) mass is 489 g/mol. The fraction of sp³-hybridized carbons (Fsp3) is 0.333. The van der Waals surface area contributed by atoms with Gasteiger partial charge < -0.3 is 24.7 Å². The summed E-state index contributed by atoms with van der Waals surface area (Å²) >= 11 is 0. The van der Waals surface area contributed by atoms with Crippen LogP contribution in [0.1, 0.15) is 30.9 Å². The number of benzene rings is 2. The average molecular weight is 490 g/mol. The average Bonchev–Trinajstić information content (AvgIpc) is 3.32. The van der Waals surface area contributed by atoms with Gasteiger partial charge in [-0.05, 0) is 81.2 Å². The second-order valence-corrected chi connectivity index (χ2v) is 9.00. The number of imidazole rings is 1. The number of aromatic amines is 2. The fourth-order valence-corrected chi connectivity index (χ4v) is 4.21. The topological polar surface area (TPSA) is 124 Å². The van der Waals surface area contributed by atoms with Crippen LogP contribution in [0.4, 0.5) is 0 Å². The molecule has 188 valence electrons. The second kappa shape index (κ2) is 11.2. The summed E-state index contributed by atoms with van der Waals surface area (Å²) in [6.45, 7) is 3.32. The molecular weight excluding hydrogens is 458 g/mol. The third-order valence-electron chi connectivity index (χ3n) is 5.92. The number of hydrogen-bond donors (Lipinski definition) is 3. The van der Waals surface area contributed by atoms with Gasteiger partial charge in [0.05, 0.1) is 18.5 Å². The summed E-state index contributed by atoms with van der Waals surface area (Å²) in [5, 5.41) is 9.18. The van der Waals surface area contributed by atoms with E-state index < -0.39 is 5.97 Å². The van der Waals surface area contributed by atoms with Crippen molar-refractivity contribution in [2.75, 3.05) is 27.2 Å². The molecule has 0 radical (unpaired) electrons. The van der Waals surface area contributed by atoms with Crippen LogP contribution in [0.25, 0.3) is 33.7 Å². The lowest BCUT2D eigenvalue weighted by Gasteiger charge is -2.15. The van der Waals surface area contributed by atoms with E-state index in [1.165, 1.54) is 11.9 Å². The van der Waals surface area contributed by atoms with Crippen molar-refractivity contribution in [3.8, 4) is 28.3 Å². The van der Waals surface area contributed by atoms with Crippen LogP contribution in [-0.2, 0) is 17.6 Å². The standard InChI is InChI=1S/C27H31N5O4/c1-4-36-22-15-19(8-9-21(22)25-30-26-24(27(35)31-25)28-16-29-26)20-13-17(6-5-11-32(2)3)12-18(14-20)7-10-23(33)34/h8-9,12-16H,4-7,10-11H2,1-3H3,(H,33,34)(H2,28,29,30,31,35). The van der Waals surface area contributed by atoms with E-state index in [9.17, 15) is 14.7 Å². The highest BCUT2D eigenvalue weighted by atomic mass is 16.5. The number of hydrogen-bond acceptors (Lipinski definition) is 6. The zero-order chi connectivity index (χ0) is 25.7. The first kappa shape index (κ1) is 25.1. The summed E-state index contributed by atoms with van der Waals surface area (Å²) in [5.41, 5.74) is 5.13. The Morgan fingerprint density at radius 1 is 1.08 bits per heavy atom. The first-order valence-corrected chi connectivity index (χ1v) is 12.0. The van der Waals surface area contributed by atoms with E-state index in [2.05, 4.69) is 51.1 Å². The number of aromatic nitrogens is 4. The zero-order valence-electron chi connectivity index (χ0n) is 20.8. The van der Waals surface area contributed by atoms with Crippen molar-refractivity contribution in [1.29, 1.82) is 0 Å². The van der Waals surface area contributed by atoms with Crippen LogP contribution in [0, 0.1) is 0 Å². The van der Waals surface area contributed by atoms with Crippen molar-refractivity contribution in [3.63, 3.8) is 0 Å². The van der Waals surface area contributed by atoms with Crippen LogP contribution >= 0.6 is 0 Å². The SMILES string of the molecule is CCOc1cc(-c2cc(CCCN(C)C)cc(CCC(=O)O)c2)ccc1-c1nc2nc[nH]c2c(=O)[nH]1. The highest BCUT2D eigenvalue weighted by molar-refractivity contribution is 5.77. The number of H-pyrrole nitrogens is 2. The van der Waals surface area contributed by atoms with Gasteiger partial charge in [-0.15, -0.1) is 0 Å². The molecule has 4 aromatic rings. The molecule has 2 heterocycles. The van der Waals surface area contributed by atoms with Crippen molar-refractivity contribution >= 4 is 17.1 Å². The molecule has 9 nitrogen and oxygen atoms in total. The third-order valence-corrected chi connectivity index (χ3v) is 5.92. The van der Waals surface area contributed by atoms with Gasteiger partial charge in [0, 0.05) is 6.42 Å². The predicted octanol–water partition coefficient (Wildman–Crippen LogP) is 3.89. The van der Waals surface area contributed by atoms with Gasteiger partial charge >= 0.3 is 5.97 Å². The van der Waals surface area contributed by atoms with E-state index in [4.69, 9.17) is 4.74 Å². The smallest absolute Gasteiger partial charge is 0.303 e. The molecule has 0 aliphatic rings. The minimum atomic E-state index is -0.812. The van der Waals surface area contributed by atoms with E-state index in [-0.39, 0.29) is 12.0 Å². The summed E-state index contributed by atoms with van der Waals surface area (Å²) in [5.74, 6) is 0.167. The Labute approximate surface area is 209 Å². The van der Waals surface area contributed by atoms with Crippen molar-refractivity contribution in [1.82, 2.24) is 24.8 Å². The highest BCUT2D eigenvalue weighted by Gasteiger charge is 2.15. The Balaban J connectivity index is 1.73. The lowest BCUT2D eigenvalue weighted by molar-refractivity contribution is -0.136. The van der Waals surface area contributed by atoms with Crippen molar-refractivity contribution in [2.24, 2.45) is 0 Å². The van der Waals surface area contributed by atoms with Gasteiger partial charge in [-0.25, -0.2) is 9.97 Å². The largest absolute Gasteiger partial charge is 0.493 e. The Hall–Kier alpha value is -3.98. The van der Waals surface area contributed by atoms with Gasteiger partial charge in [-0.1, -0.05) is 24.3 Å². The van der Waals surface area contributed by atoms with Gasteiger partial charge in [0.25, 0.3) is 5.56 Å². The number of fused-ring (bicyclic) bond motifs is 1. The van der Waals surface area contributed by atoms with Crippen LogP contribution in [-0.4, -0.2) is 63.2 Å². The van der Waals surface area contributed by atoms with Crippen molar-refractivity contribution < 1.29 is 14.6 Å². The summed E-state index contributed by atoms with van der Waals surface area (Å²) in [4.78, 5) is 40.0. The molecule has 36 heavy (non-hydrogen) atoms. The molecule has 4 rings (SSSR count). The summed E-state index contributed by atoms with van der Waals surface area (Å²) in [7, 11) is 4.11. The number of carboxylic acids is 1. The van der Waals surface area contributed by atoms with Gasteiger partial charge in [0.2, 0.25) is 0 Å². The van der Waals surface area contributed by atoms with E-state index >= 15 is 0 Å². The van der Waals surface area contributed by atoms with E-state index in [0.717, 1.165) is 36.1 Å². The quantitative estimate of drug-likeness (QED) is 0.292. The number of rotatable bonds is 11. The molecule has 0 amide bonds. The van der Waals surface area contributed by atoms with Gasteiger partial charge in [-0.3, -0.25) is 9.59 Å². The molecule has 0 atom stereocenters. The molecule has 3 N–H and O–H groups in total. The maximum Gasteiger partial charge on any atom is 0.303 e. The lowest BCUT2D eigenvalue weighted by atomic mass is 9.95. The van der Waals surface area contributed by atoms with Crippen LogP contribution in [0.5, 0.6) is 5.75 Å². The van der Waals surface area contributed by atoms with Crippen LogP contribution in [0.3, 0.4) is 0 Å². The van der Waals surface area contributed by atoms with Gasteiger partial charge in [0.1, 0.15) is 11.6 Å². The molecule has 2 aromatic carbocycles. The lowest BCUT2D eigenvalue weighted by Crippen LogP contribution is -2.13. The normalized spacial score (nSPS) is 11.3. The summed E-state index contributed by atoms with van der Waals surface area (Å²) in [6.07, 6.45) is 3.90. The zero-order valence-corrected chi connectivity index (χ0v) is 20.8. The molecule has 0 fully saturated rings. The number of carbonyl (C=O) groups is 1. The van der Waals surface area contributed by atoms with E-state index in [1.807, 2.05) is 31.2 Å². The predicted molar refractivity (Wildman–Crippen MR) is 139 cm³/mol. The van der Waals surface area contributed by atoms with Crippen LogP contribution in [0.2, 0.25) is 0 Å². The van der Waals surface area contributed by atoms with E-state index in [1.54, 1.807) is 0 Å². The molecule has 0 spiro atoms. The van der Waals surface area contributed by atoms with Gasteiger partial charge in [0.15, 0.2) is 11.2 Å². The number of nitrogens with zero attached hydrogens (tertiary/aromatic N) is 3. The molecular formula is C27H31N5O4. The number of nitrogens with one attached hydrogen (secondary N) is 2. The number of aliphatic carboxylic acids is 1. The van der Waals surface area contributed by atoms with E-state index in [0.29, 0.717) is 41.3 Å². The molecule has 9 heteroatoms. The molecule has 0 unspecified atom stereocenters. The summed E-state index contributed by atoms with van der Waals surface area (Å²) in [6, 6.07) is 12.1. The summed E-state index contributed by atoms with van der Waals surface area (Å²) < 4.78 is 5.94. The third kappa shape index (κ3) is 5.98. The first-order chi connectivity index (χ1) is 17.3.